The second kappa shape index (κ2) is 20.3. The van der Waals surface area contributed by atoms with Crippen molar-refractivity contribution in [2.45, 2.75) is 77.6 Å². The Morgan fingerprint density at radius 3 is 2.43 bits per heavy atom. The van der Waals surface area contributed by atoms with E-state index in [0.717, 1.165) is 41.8 Å². The summed E-state index contributed by atoms with van der Waals surface area (Å²) in [6.07, 6.45) is -3.36. The summed E-state index contributed by atoms with van der Waals surface area (Å²) in [5.74, 6) is -1.12. The van der Waals surface area contributed by atoms with Crippen LogP contribution in [0.15, 0.2) is 24.3 Å². The second-order valence-corrected chi connectivity index (χ2v) is 18.2. The lowest BCUT2D eigenvalue weighted by atomic mass is 9.87. The highest BCUT2D eigenvalue weighted by atomic mass is 32.2. The lowest BCUT2D eigenvalue weighted by Gasteiger charge is -2.30. The number of phosphoric ester groups is 3. The number of carbonyl (C=O) groups is 3. The molecule has 0 spiro atoms. The maximum Gasteiger partial charge on any atom is 0.481 e. The van der Waals surface area contributed by atoms with E-state index in [4.69, 9.17) is 19.5 Å². The fraction of sp³-hybridized carbons (Fsp3) is 0.643. The van der Waals surface area contributed by atoms with E-state index in [2.05, 4.69) is 34.4 Å². The van der Waals surface area contributed by atoms with Gasteiger partial charge in [0.1, 0.15) is 36.3 Å². The summed E-state index contributed by atoms with van der Waals surface area (Å²) in [6.45, 7) is 4.21. The van der Waals surface area contributed by atoms with Crippen LogP contribution >= 0.6 is 35.2 Å². The average molecular weight is 878 g/mol. The van der Waals surface area contributed by atoms with Crippen LogP contribution in [-0.4, -0.2) is 123 Å². The van der Waals surface area contributed by atoms with Crippen molar-refractivity contribution < 1.29 is 80.5 Å². The van der Waals surface area contributed by atoms with Crippen molar-refractivity contribution in [3.8, 4) is 0 Å². The normalized spacial score (nSPS) is 22.0. The van der Waals surface area contributed by atoms with E-state index in [0.29, 0.717) is 11.3 Å². The first-order valence-corrected chi connectivity index (χ1v) is 22.2. The molecule has 0 aliphatic carbocycles. The van der Waals surface area contributed by atoms with Gasteiger partial charge in [0, 0.05) is 30.7 Å². The van der Waals surface area contributed by atoms with Gasteiger partial charge in [-0.05, 0) is 18.9 Å². The number of aliphatic hydroxyl groups is 2. The molecule has 1 fully saturated rings. The number of phosphoric acid groups is 3. The Kier molecular flexibility index (Phi) is 17.3. The third kappa shape index (κ3) is 14.3. The molecule has 316 valence electrons. The van der Waals surface area contributed by atoms with Gasteiger partial charge in [0.25, 0.3) is 0 Å². The molecule has 1 aliphatic heterocycles. The number of fused-ring (bicyclic) bond motifs is 1. The Labute approximate surface area is 324 Å². The minimum absolute atomic E-state index is 0.0306. The molecule has 56 heavy (non-hydrogen) atoms. The molecular formula is C28H46N7O17P3S. The zero-order chi connectivity index (χ0) is 42.1. The van der Waals surface area contributed by atoms with Gasteiger partial charge in [0.2, 0.25) is 16.9 Å². The second-order valence-electron chi connectivity index (χ2n) is 12.9. The topological polar surface area (TPSA) is 364 Å². The number of amides is 2. The van der Waals surface area contributed by atoms with Gasteiger partial charge in [-0.2, -0.15) is 4.31 Å². The van der Waals surface area contributed by atoms with Crippen molar-refractivity contribution >= 4 is 69.1 Å². The fourth-order valence-corrected chi connectivity index (χ4v) is 8.36. The Morgan fingerprint density at radius 2 is 1.77 bits per heavy atom. The van der Waals surface area contributed by atoms with Crippen molar-refractivity contribution in [1.29, 1.82) is 0 Å². The Hall–Kier alpha value is -2.70. The van der Waals surface area contributed by atoms with E-state index < -0.39 is 84.6 Å². The SMILES string of the molecule is CCC/C=C(\C)C(=O)SCCNC(=O)CCNC(=O)C(O)C(C)(C)COP(=O)(O)OP(=O)(O)OCC1OC(n2cnc3c(N)ncnc32)C(O)C1OP(=O)(O)O. The molecular weight excluding hydrogens is 831 g/mol. The first-order chi connectivity index (χ1) is 26.0. The van der Waals surface area contributed by atoms with Crippen molar-refractivity contribution in [2.24, 2.45) is 5.41 Å². The predicted molar refractivity (Wildman–Crippen MR) is 196 cm³/mol. The number of nitrogens with two attached hydrogens (primary N) is 1. The largest absolute Gasteiger partial charge is 0.481 e. The minimum Gasteiger partial charge on any atom is -0.386 e. The molecule has 3 rings (SSSR count). The summed E-state index contributed by atoms with van der Waals surface area (Å²) in [7, 11) is -16.4. The zero-order valence-corrected chi connectivity index (χ0v) is 34.1. The summed E-state index contributed by atoms with van der Waals surface area (Å²) in [6, 6.07) is 0. The van der Waals surface area contributed by atoms with E-state index in [-0.39, 0.29) is 41.6 Å². The van der Waals surface area contributed by atoms with Crippen LogP contribution < -0.4 is 16.4 Å². The van der Waals surface area contributed by atoms with Gasteiger partial charge in [-0.3, -0.25) is 32.5 Å². The van der Waals surface area contributed by atoms with Gasteiger partial charge < -0.3 is 50.9 Å². The summed E-state index contributed by atoms with van der Waals surface area (Å²) < 4.78 is 62.1. The number of carbonyl (C=O) groups excluding carboxylic acids is 3. The first-order valence-electron chi connectivity index (χ1n) is 16.7. The number of unbranched alkanes of at least 4 members (excludes halogenated alkanes) is 1. The molecule has 0 bridgehead atoms. The molecule has 28 heteroatoms. The predicted octanol–water partition coefficient (Wildman–Crippen LogP) is 0.411. The lowest BCUT2D eigenvalue weighted by molar-refractivity contribution is -0.137. The molecule has 10 N–H and O–H groups in total. The summed E-state index contributed by atoms with van der Waals surface area (Å²) in [5, 5.41) is 26.3. The highest BCUT2D eigenvalue weighted by molar-refractivity contribution is 8.14. The molecule has 2 aromatic heterocycles. The molecule has 0 saturated carbocycles. The molecule has 7 atom stereocenters. The van der Waals surface area contributed by atoms with E-state index in [1.54, 1.807) is 6.92 Å². The Balaban J connectivity index is 1.49. The van der Waals surface area contributed by atoms with Crippen LogP contribution in [0.2, 0.25) is 0 Å². The van der Waals surface area contributed by atoms with Gasteiger partial charge in [-0.15, -0.1) is 0 Å². The number of anilines is 1. The molecule has 0 aromatic carbocycles. The van der Waals surface area contributed by atoms with Gasteiger partial charge in [-0.25, -0.2) is 28.6 Å². The monoisotopic (exact) mass is 877 g/mol. The molecule has 0 radical (unpaired) electrons. The molecule has 24 nitrogen and oxygen atoms in total. The number of imidazole rings is 1. The van der Waals surface area contributed by atoms with Crippen LogP contribution in [-0.2, 0) is 50.7 Å². The highest BCUT2D eigenvalue weighted by Gasteiger charge is 2.50. The van der Waals surface area contributed by atoms with Crippen LogP contribution in [0.25, 0.3) is 11.2 Å². The van der Waals surface area contributed by atoms with Gasteiger partial charge in [-0.1, -0.05) is 45.0 Å². The fourth-order valence-electron chi connectivity index (χ4n) is 4.83. The number of rotatable bonds is 22. The molecule has 1 saturated heterocycles. The smallest absolute Gasteiger partial charge is 0.386 e. The standard InChI is InChI=1S/C28H46N7O17P3S/c1-5-6-7-16(2)27(40)56-11-10-30-18(36)8-9-31-25(39)22(38)28(3,4)13-49-55(46,47)52-54(44,45)48-12-17-21(51-53(41,42)43)20(37)26(50-17)35-15-34-19-23(29)32-14-33-24(19)35/h7,14-15,17,20-22,26,37-38H,5-6,8-13H2,1-4H3,(H,30,36)(H,31,39)(H,44,45)(H,46,47)(H2,29,32,33)(H2,41,42,43)/b16-7+. The van der Waals surface area contributed by atoms with E-state index >= 15 is 0 Å². The van der Waals surface area contributed by atoms with E-state index in [1.165, 1.54) is 13.8 Å². The highest BCUT2D eigenvalue weighted by Crippen LogP contribution is 2.61. The van der Waals surface area contributed by atoms with E-state index in [1.807, 2.05) is 13.0 Å². The molecule has 7 unspecified atom stereocenters. The van der Waals surface area contributed by atoms with Crippen LogP contribution in [0.4, 0.5) is 5.82 Å². The van der Waals surface area contributed by atoms with Crippen LogP contribution in [0.5, 0.6) is 0 Å². The third-order valence-electron chi connectivity index (χ3n) is 7.80. The number of nitrogens with one attached hydrogen (secondary N) is 2. The summed E-state index contributed by atoms with van der Waals surface area (Å²) in [4.78, 5) is 87.6. The molecule has 3 heterocycles. The lowest BCUT2D eigenvalue weighted by Crippen LogP contribution is -2.46. The maximum absolute atomic E-state index is 12.7. The molecule has 1 aliphatic rings. The van der Waals surface area contributed by atoms with Crippen LogP contribution in [0.1, 0.15) is 53.2 Å². The minimum atomic E-state index is -5.57. The number of hydrogen-bond donors (Lipinski definition) is 9. The Morgan fingerprint density at radius 1 is 1.09 bits per heavy atom. The maximum atomic E-state index is 12.7. The molecule has 2 amide bonds. The zero-order valence-electron chi connectivity index (χ0n) is 30.6. The number of hydrogen-bond acceptors (Lipinski definition) is 18. The first kappa shape index (κ1) is 47.7. The van der Waals surface area contributed by atoms with Gasteiger partial charge in [0.15, 0.2) is 17.7 Å². The average Bonchev–Trinajstić information content (AvgIpc) is 3.66. The van der Waals surface area contributed by atoms with Crippen LogP contribution in [0, 0.1) is 5.41 Å². The Bertz CT molecular complexity index is 1880. The van der Waals surface area contributed by atoms with Gasteiger partial charge >= 0.3 is 23.5 Å². The van der Waals surface area contributed by atoms with Gasteiger partial charge in [0.05, 0.1) is 19.5 Å². The van der Waals surface area contributed by atoms with Crippen molar-refractivity contribution in [3.05, 3.63) is 24.3 Å². The summed E-state index contributed by atoms with van der Waals surface area (Å²) in [5.41, 5.74) is 4.90. The summed E-state index contributed by atoms with van der Waals surface area (Å²) >= 11 is 1.06. The quantitative estimate of drug-likeness (QED) is 0.0439. The number of thioether (sulfide) groups is 1. The number of nitrogen functional groups attached to an aromatic ring is 1. The number of allylic oxidation sites excluding steroid dienone is 1. The number of nitrogens with zero attached hydrogens (tertiary/aromatic N) is 4. The third-order valence-corrected chi connectivity index (χ3v) is 11.9. The number of aromatic nitrogens is 4. The van der Waals surface area contributed by atoms with Crippen molar-refractivity contribution in [3.63, 3.8) is 0 Å². The van der Waals surface area contributed by atoms with E-state index in [9.17, 15) is 57.9 Å². The van der Waals surface area contributed by atoms with Crippen molar-refractivity contribution in [1.82, 2.24) is 30.2 Å². The molecule has 2 aromatic rings. The number of aliphatic hydroxyl groups excluding tert-OH is 2. The van der Waals surface area contributed by atoms with Crippen molar-refractivity contribution in [2.75, 3.05) is 37.8 Å². The number of ether oxygens (including phenoxy) is 1. The van der Waals surface area contributed by atoms with Crippen LogP contribution in [0.3, 0.4) is 0 Å².